The van der Waals surface area contributed by atoms with Gasteiger partial charge in [0.15, 0.2) is 0 Å². The zero-order valence-electron chi connectivity index (χ0n) is 10.5. The van der Waals surface area contributed by atoms with Crippen molar-refractivity contribution >= 4 is 28.2 Å². The predicted molar refractivity (Wildman–Crippen MR) is 77.5 cm³/mol. The van der Waals surface area contributed by atoms with E-state index in [2.05, 4.69) is 34.7 Å². The predicted octanol–water partition coefficient (Wildman–Crippen LogP) is 2.80. The Kier molecular flexibility index (Phi) is 2.63. The molecule has 1 aromatic heterocycles. The van der Waals surface area contributed by atoms with Gasteiger partial charge >= 0.3 is 0 Å². The molecule has 0 bridgehead atoms. The van der Waals surface area contributed by atoms with Gasteiger partial charge in [-0.2, -0.15) is 0 Å². The molecule has 1 heterocycles. The maximum absolute atomic E-state index is 5.70. The first kappa shape index (κ1) is 11.7. The third-order valence-corrected chi connectivity index (χ3v) is 3.99. The van der Waals surface area contributed by atoms with E-state index in [9.17, 15) is 0 Å². The van der Waals surface area contributed by atoms with E-state index in [1.165, 1.54) is 18.4 Å². The fourth-order valence-electron chi connectivity index (χ4n) is 2.67. The molecule has 1 aliphatic carbocycles. The molecule has 18 heavy (non-hydrogen) atoms. The van der Waals surface area contributed by atoms with Crippen LogP contribution in [0.15, 0.2) is 24.3 Å². The molecule has 3 nitrogen and oxygen atoms in total. The summed E-state index contributed by atoms with van der Waals surface area (Å²) in [4.78, 5) is 5.24. The molecule has 0 radical (unpaired) electrons. The molecule has 0 aliphatic heterocycles. The minimum atomic E-state index is 0.292. The summed E-state index contributed by atoms with van der Waals surface area (Å²) < 4.78 is 2.31. The number of nitrogens with zero attached hydrogens (tertiary/aromatic N) is 2. The van der Waals surface area contributed by atoms with Crippen molar-refractivity contribution in [2.24, 2.45) is 11.1 Å². The van der Waals surface area contributed by atoms with Crippen LogP contribution in [0.2, 0.25) is 0 Å². The molecule has 1 fully saturated rings. The van der Waals surface area contributed by atoms with Crippen molar-refractivity contribution in [3.8, 4) is 0 Å². The molecule has 4 heteroatoms. The fourth-order valence-corrected chi connectivity index (χ4v) is 2.97. The van der Waals surface area contributed by atoms with Gasteiger partial charge in [0.05, 0.1) is 16.0 Å². The highest BCUT2D eigenvalue weighted by Crippen LogP contribution is 2.50. The molecular formula is C14H17N3S. The van der Waals surface area contributed by atoms with Gasteiger partial charge in [0, 0.05) is 13.0 Å². The van der Waals surface area contributed by atoms with Crippen LogP contribution in [-0.2, 0) is 6.54 Å². The average molecular weight is 259 g/mol. The fraction of sp³-hybridized carbons (Fsp3) is 0.429. The van der Waals surface area contributed by atoms with Gasteiger partial charge in [-0.15, -0.1) is 0 Å². The van der Waals surface area contributed by atoms with Crippen LogP contribution >= 0.6 is 12.2 Å². The van der Waals surface area contributed by atoms with E-state index in [-0.39, 0.29) is 0 Å². The second kappa shape index (κ2) is 4.05. The second-order valence-corrected chi connectivity index (χ2v) is 5.90. The van der Waals surface area contributed by atoms with E-state index in [1.54, 1.807) is 0 Å². The van der Waals surface area contributed by atoms with Crippen LogP contribution in [-0.4, -0.2) is 14.5 Å². The molecule has 0 saturated heterocycles. The standard InChI is InChI=1S/C14H17N3S/c1-10-16-11-4-2-3-5-12(11)17(10)9-14(6-7-14)8-13(15)18/h2-5H,6-9H2,1H3,(H2,15,18). The first-order valence-corrected chi connectivity index (χ1v) is 6.71. The van der Waals surface area contributed by atoms with Crippen LogP contribution in [0.3, 0.4) is 0 Å². The maximum atomic E-state index is 5.70. The molecule has 1 aliphatic rings. The Hall–Kier alpha value is -1.42. The molecule has 0 atom stereocenters. The lowest BCUT2D eigenvalue weighted by molar-refractivity contribution is 0.440. The van der Waals surface area contributed by atoms with Crippen LogP contribution < -0.4 is 5.73 Å². The van der Waals surface area contributed by atoms with Crippen molar-refractivity contribution in [1.82, 2.24) is 9.55 Å². The maximum Gasteiger partial charge on any atom is 0.106 e. The Morgan fingerprint density at radius 3 is 2.83 bits per heavy atom. The summed E-state index contributed by atoms with van der Waals surface area (Å²) in [5.41, 5.74) is 8.28. The number of benzene rings is 1. The molecule has 0 amide bonds. The number of nitrogens with two attached hydrogens (primary N) is 1. The number of rotatable bonds is 4. The highest BCUT2D eigenvalue weighted by atomic mass is 32.1. The van der Waals surface area contributed by atoms with Gasteiger partial charge in [0.2, 0.25) is 0 Å². The summed E-state index contributed by atoms with van der Waals surface area (Å²) >= 11 is 5.06. The van der Waals surface area contributed by atoms with Gasteiger partial charge in [-0.3, -0.25) is 0 Å². The number of imidazole rings is 1. The highest BCUT2D eigenvalue weighted by molar-refractivity contribution is 7.80. The lowest BCUT2D eigenvalue weighted by atomic mass is 10.0. The van der Waals surface area contributed by atoms with Gasteiger partial charge in [0.25, 0.3) is 0 Å². The van der Waals surface area contributed by atoms with Crippen LogP contribution in [0.1, 0.15) is 25.1 Å². The van der Waals surface area contributed by atoms with Crippen LogP contribution in [0.4, 0.5) is 0 Å². The molecule has 2 aromatic rings. The summed E-state index contributed by atoms with van der Waals surface area (Å²) in [5.74, 6) is 1.07. The Balaban J connectivity index is 1.95. The summed E-state index contributed by atoms with van der Waals surface area (Å²) in [7, 11) is 0. The lowest BCUT2D eigenvalue weighted by Crippen LogP contribution is -2.20. The van der Waals surface area contributed by atoms with E-state index in [4.69, 9.17) is 18.0 Å². The Morgan fingerprint density at radius 1 is 1.44 bits per heavy atom. The average Bonchev–Trinajstić information content (AvgIpc) is 2.98. The summed E-state index contributed by atoms with van der Waals surface area (Å²) in [5, 5.41) is 0. The molecule has 1 saturated carbocycles. The third-order valence-electron chi connectivity index (χ3n) is 3.85. The van der Waals surface area contributed by atoms with Crippen molar-refractivity contribution in [2.75, 3.05) is 0 Å². The summed E-state index contributed by atoms with van der Waals surface area (Å²) in [6, 6.07) is 8.28. The number of hydrogen-bond acceptors (Lipinski definition) is 2. The minimum Gasteiger partial charge on any atom is -0.393 e. The van der Waals surface area contributed by atoms with Crippen molar-refractivity contribution < 1.29 is 0 Å². The number of aryl methyl sites for hydroxylation is 1. The topological polar surface area (TPSA) is 43.8 Å². The molecule has 0 spiro atoms. The zero-order chi connectivity index (χ0) is 12.8. The van der Waals surface area contributed by atoms with Gasteiger partial charge in [-0.25, -0.2) is 4.98 Å². The van der Waals surface area contributed by atoms with Crippen LogP contribution in [0.25, 0.3) is 11.0 Å². The van der Waals surface area contributed by atoms with Gasteiger partial charge in [-0.05, 0) is 37.3 Å². The Labute approximate surface area is 112 Å². The van der Waals surface area contributed by atoms with Gasteiger partial charge in [0.1, 0.15) is 5.82 Å². The van der Waals surface area contributed by atoms with Crippen LogP contribution in [0.5, 0.6) is 0 Å². The minimum absolute atomic E-state index is 0.292. The van der Waals surface area contributed by atoms with E-state index in [0.29, 0.717) is 10.4 Å². The first-order chi connectivity index (χ1) is 8.60. The lowest BCUT2D eigenvalue weighted by Gasteiger charge is -2.16. The Bertz CT molecular complexity index is 611. The monoisotopic (exact) mass is 259 g/mol. The van der Waals surface area contributed by atoms with Crippen molar-refractivity contribution in [1.29, 1.82) is 0 Å². The quantitative estimate of drug-likeness (QED) is 0.859. The molecule has 94 valence electrons. The number of thiocarbonyl (C=S) groups is 1. The van der Waals surface area contributed by atoms with E-state index in [1.807, 2.05) is 6.07 Å². The van der Waals surface area contributed by atoms with Crippen molar-refractivity contribution in [3.63, 3.8) is 0 Å². The number of para-hydroxylation sites is 2. The molecular weight excluding hydrogens is 242 g/mol. The largest absolute Gasteiger partial charge is 0.393 e. The van der Waals surface area contributed by atoms with E-state index < -0.39 is 0 Å². The molecule has 2 N–H and O–H groups in total. The Morgan fingerprint density at radius 2 is 2.17 bits per heavy atom. The van der Waals surface area contributed by atoms with E-state index >= 15 is 0 Å². The molecule has 1 aromatic carbocycles. The SMILES string of the molecule is Cc1nc2ccccc2n1CC1(CC(N)=S)CC1. The normalized spacial score (nSPS) is 16.9. The van der Waals surface area contributed by atoms with Gasteiger partial charge < -0.3 is 10.3 Å². The number of hydrogen-bond donors (Lipinski definition) is 1. The zero-order valence-corrected chi connectivity index (χ0v) is 11.3. The van der Waals surface area contributed by atoms with Crippen molar-refractivity contribution in [3.05, 3.63) is 30.1 Å². The van der Waals surface area contributed by atoms with E-state index in [0.717, 1.165) is 24.3 Å². The second-order valence-electron chi connectivity index (χ2n) is 5.38. The molecule has 3 rings (SSSR count). The first-order valence-electron chi connectivity index (χ1n) is 6.30. The van der Waals surface area contributed by atoms with Gasteiger partial charge in [-0.1, -0.05) is 24.4 Å². The van der Waals surface area contributed by atoms with Crippen LogP contribution in [0, 0.1) is 12.3 Å². The summed E-state index contributed by atoms with van der Waals surface area (Å²) in [6.45, 7) is 3.05. The number of fused-ring (bicyclic) bond motifs is 1. The highest BCUT2D eigenvalue weighted by Gasteiger charge is 2.43. The summed E-state index contributed by atoms with van der Waals surface area (Å²) in [6.07, 6.45) is 3.29. The third kappa shape index (κ3) is 2.01. The smallest absolute Gasteiger partial charge is 0.106 e. The number of aromatic nitrogens is 2. The van der Waals surface area contributed by atoms with Crippen molar-refractivity contribution in [2.45, 2.75) is 32.7 Å². The molecule has 0 unspecified atom stereocenters.